The largest absolute Gasteiger partial charge is 0.359 e. The third-order valence-corrected chi connectivity index (χ3v) is 4.60. The fraction of sp³-hybridized carbons (Fsp3) is 0.455. The van der Waals surface area contributed by atoms with Gasteiger partial charge >= 0.3 is 0 Å². The van der Waals surface area contributed by atoms with E-state index in [2.05, 4.69) is 56.9 Å². The summed E-state index contributed by atoms with van der Waals surface area (Å²) in [5.41, 5.74) is 3.10. The standard InChI is InChI=1S/C22H30N6O2/c1-5-20-26-21(30-28-20)17-9-7-16(8-10-17)11-12-24-22(23-6-2)25-14-18-13-19(15(3)4)27-29-18/h7-10,13,15H,5-6,11-12,14H2,1-4H3,(H2,23,24,25). The maximum Gasteiger partial charge on any atom is 0.257 e. The minimum atomic E-state index is 0.345. The normalized spacial score (nSPS) is 11.8. The van der Waals surface area contributed by atoms with Gasteiger partial charge in [-0.15, -0.1) is 0 Å². The van der Waals surface area contributed by atoms with Crippen LogP contribution in [0.2, 0.25) is 0 Å². The first-order valence-corrected chi connectivity index (χ1v) is 10.5. The van der Waals surface area contributed by atoms with E-state index in [1.54, 1.807) is 0 Å². The lowest BCUT2D eigenvalue weighted by Gasteiger charge is -2.11. The second-order valence-corrected chi connectivity index (χ2v) is 7.31. The van der Waals surface area contributed by atoms with Crippen LogP contribution in [-0.2, 0) is 19.4 Å². The van der Waals surface area contributed by atoms with E-state index in [-0.39, 0.29) is 0 Å². The maximum absolute atomic E-state index is 5.35. The van der Waals surface area contributed by atoms with E-state index in [1.807, 2.05) is 32.0 Å². The Hall–Kier alpha value is -3.16. The van der Waals surface area contributed by atoms with Gasteiger partial charge in [0.05, 0.1) is 5.69 Å². The Labute approximate surface area is 177 Å². The lowest BCUT2D eigenvalue weighted by Crippen LogP contribution is -2.38. The highest BCUT2D eigenvalue weighted by molar-refractivity contribution is 5.79. The van der Waals surface area contributed by atoms with E-state index < -0.39 is 0 Å². The quantitative estimate of drug-likeness (QED) is 0.409. The average molecular weight is 411 g/mol. The Morgan fingerprint density at radius 1 is 1.07 bits per heavy atom. The van der Waals surface area contributed by atoms with Crippen molar-refractivity contribution in [1.82, 2.24) is 25.9 Å². The number of hydrogen-bond acceptors (Lipinski definition) is 6. The van der Waals surface area contributed by atoms with Crippen LogP contribution in [0.5, 0.6) is 0 Å². The summed E-state index contributed by atoms with van der Waals surface area (Å²) in [7, 11) is 0. The Morgan fingerprint density at radius 3 is 2.50 bits per heavy atom. The fourth-order valence-electron chi connectivity index (χ4n) is 2.83. The van der Waals surface area contributed by atoms with E-state index in [0.717, 1.165) is 54.7 Å². The molecule has 8 heteroatoms. The maximum atomic E-state index is 5.35. The van der Waals surface area contributed by atoms with E-state index in [1.165, 1.54) is 5.56 Å². The van der Waals surface area contributed by atoms with Crippen LogP contribution in [0, 0.1) is 0 Å². The lowest BCUT2D eigenvalue weighted by molar-refractivity contribution is 0.376. The number of hydrogen-bond donors (Lipinski definition) is 2. The number of benzene rings is 1. The molecule has 3 aromatic rings. The third-order valence-electron chi connectivity index (χ3n) is 4.60. The van der Waals surface area contributed by atoms with E-state index in [0.29, 0.717) is 18.4 Å². The van der Waals surface area contributed by atoms with Crippen LogP contribution in [0.3, 0.4) is 0 Å². The Kier molecular flexibility index (Phi) is 7.59. The van der Waals surface area contributed by atoms with Gasteiger partial charge in [0.2, 0.25) is 0 Å². The highest BCUT2D eigenvalue weighted by Crippen LogP contribution is 2.18. The second kappa shape index (κ2) is 10.6. The van der Waals surface area contributed by atoms with Crippen molar-refractivity contribution in [1.29, 1.82) is 0 Å². The topological polar surface area (TPSA) is 101 Å². The van der Waals surface area contributed by atoms with Crippen molar-refractivity contribution in [2.75, 3.05) is 13.1 Å². The van der Waals surface area contributed by atoms with Gasteiger partial charge in [0, 0.05) is 31.1 Å². The Balaban J connectivity index is 1.52. The molecule has 0 atom stereocenters. The van der Waals surface area contributed by atoms with Gasteiger partial charge in [0.1, 0.15) is 6.54 Å². The molecular weight excluding hydrogens is 380 g/mol. The molecule has 2 heterocycles. The van der Waals surface area contributed by atoms with E-state index in [4.69, 9.17) is 9.05 Å². The molecule has 2 N–H and O–H groups in total. The zero-order chi connectivity index (χ0) is 21.3. The molecule has 0 aliphatic carbocycles. The van der Waals surface area contributed by atoms with Crippen LogP contribution in [0.15, 0.2) is 44.4 Å². The van der Waals surface area contributed by atoms with E-state index in [9.17, 15) is 0 Å². The summed E-state index contributed by atoms with van der Waals surface area (Å²) >= 11 is 0. The van der Waals surface area contributed by atoms with Crippen molar-refractivity contribution < 1.29 is 9.05 Å². The number of aliphatic imine (C=N–C) groups is 1. The van der Waals surface area contributed by atoms with Crippen LogP contribution < -0.4 is 10.6 Å². The SMILES string of the molecule is CCNC(=NCc1cc(C(C)C)no1)NCCc1ccc(-c2nc(CC)no2)cc1. The average Bonchev–Trinajstić information content (AvgIpc) is 3.42. The van der Waals surface area contributed by atoms with Crippen LogP contribution in [0.4, 0.5) is 0 Å². The highest BCUT2D eigenvalue weighted by atomic mass is 16.5. The van der Waals surface area contributed by atoms with Gasteiger partial charge in [0.15, 0.2) is 17.5 Å². The van der Waals surface area contributed by atoms with Gasteiger partial charge in [0.25, 0.3) is 5.89 Å². The van der Waals surface area contributed by atoms with Crippen molar-refractivity contribution in [3.8, 4) is 11.5 Å². The molecule has 2 aromatic heterocycles. The van der Waals surface area contributed by atoms with Gasteiger partial charge in [-0.05, 0) is 37.0 Å². The van der Waals surface area contributed by atoms with Crippen molar-refractivity contribution >= 4 is 5.96 Å². The first kappa shape index (κ1) is 21.5. The zero-order valence-corrected chi connectivity index (χ0v) is 18.1. The molecule has 0 aliphatic rings. The molecule has 0 aliphatic heterocycles. The number of nitrogens with zero attached hydrogens (tertiary/aromatic N) is 4. The minimum Gasteiger partial charge on any atom is -0.359 e. The predicted octanol–water partition coefficient (Wildman–Crippen LogP) is 3.71. The molecule has 0 unspecified atom stereocenters. The molecule has 0 spiro atoms. The summed E-state index contributed by atoms with van der Waals surface area (Å²) in [6.45, 7) is 10.2. The molecule has 0 amide bonds. The van der Waals surface area contributed by atoms with E-state index >= 15 is 0 Å². The summed E-state index contributed by atoms with van der Waals surface area (Å²) < 4.78 is 10.6. The van der Waals surface area contributed by atoms with Crippen molar-refractivity contribution in [2.45, 2.75) is 53.0 Å². The van der Waals surface area contributed by atoms with Gasteiger partial charge in [-0.2, -0.15) is 4.98 Å². The minimum absolute atomic E-state index is 0.345. The molecule has 0 saturated heterocycles. The molecule has 30 heavy (non-hydrogen) atoms. The molecular formula is C22H30N6O2. The number of rotatable bonds is 9. The molecule has 0 radical (unpaired) electrons. The first-order chi connectivity index (χ1) is 14.6. The highest BCUT2D eigenvalue weighted by Gasteiger charge is 2.09. The third kappa shape index (κ3) is 5.92. The molecule has 0 bridgehead atoms. The molecule has 3 rings (SSSR count). The molecule has 160 valence electrons. The summed E-state index contributed by atoms with van der Waals surface area (Å²) in [5, 5.41) is 14.6. The molecule has 8 nitrogen and oxygen atoms in total. The number of aromatic nitrogens is 3. The summed E-state index contributed by atoms with van der Waals surface area (Å²) in [6, 6.07) is 10.2. The fourth-order valence-corrected chi connectivity index (χ4v) is 2.83. The zero-order valence-electron chi connectivity index (χ0n) is 18.1. The van der Waals surface area contributed by atoms with Crippen molar-refractivity contribution in [3.05, 3.63) is 53.2 Å². The van der Waals surface area contributed by atoms with Crippen LogP contribution in [-0.4, -0.2) is 34.3 Å². The summed E-state index contributed by atoms with van der Waals surface area (Å²) in [6.07, 6.45) is 1.63. The van der Waals surface area contributed by atoms with Gasteiger partial charge in [-0.3, -0.25) is 0 Å². The van der Waals surface area contributed by atoms with Gasteiger partial charge in [-0.1, -0.05) is 43.2 Å². The van der Waals surface area contributed by atoms with Gasteiger partial charge in [-0.25, -0.2) is 4.99 Å². The number of aryl methyl sites for hydroxylation is 1. The molecule has 0 fully saturated rings. The van der Waals surface area contributed by atoms with Crippen molar-refractivity contribution in [3.63, 3.8) is 0 Å². The lowest BCUT2D eigenvalue weighted by atomic mass is 10.1. The monoisotopic (exact) mass is 410 g/mol. The van der Waals surface area contributed by atoms with Crippen LogP contribution in [0.1, 0.15) is 56.5 Å². The summed E-state index contributed by atoms with van der Waals surface area (Å²) in [4.78, 5) is 8.95. The smallest absolute Gasteiger partial charge is 0.257 e. The first-order valence-electron chi connectivity index (χ1n) is 10.5. The number of nitrogens with one attached hydrogen (secondary N) is 2. The molecule has 1 aromatic carbocycles. The molecule has 0 saturated carbocycles. The Bertz CT molecular complexity index is 943. The second-order valence-electron chi connectivity index (χ2n) is 7.31. The summed E-state index contributed by atoms with van der Waals surface area (Å²) in [5.74, 6) is 3.15. The predicted molar refractivity (Wildman–Crippen MR) is 116 cm³/mol. The van der Waals surface area contributed by atoms with Gasteiger partial charge < -0.3 is 19.7 Å². The van der Waals surface area contributed by atoms with Crippen LogP contribution in [0.25, 0.3) is 11.5 Å². The Morgan fingerprint density at radius 2 is 1.87 bits per heavy atom. The van der Waals surface area contributed by atoms with Crippen LogP contribution >= 0.6 is 0 Å². The number of guanidine groups is 1. The van der Waals surface area contributed by atoms with Crippen molar-refractivity contribution in [2.24, 2.45) is 4.99 Å².